The number of carbonyl (C=O) groups excluding carboxylic acids is 1. The summed E-state index contributed by atoms with van der Waals surface area (Å²) in [6.45, 7) is 16.5. The number of terminal acetylenes is 2. The van der Waals surface area contributed by atoms with Crippen LogP contribution in [0.25, 0.3) is 21.8 Å². The van der Waals surface area contributed by atoms with Gasteiger partial charge in [-0.1, -0.05) is 43.7 Å². The molecular weight excluding hydrogens is 669 g/mol. The molecule has 3 aromatic rings. The Hall–Kier alpha value is -6.46. The second kappa shape index (κ2) is 15.8. The summed E-state index contributed by atoms with van der Waals surface area (Å²) in [5.41, 5.74) is 1.86. The Kier molecular flexibility index (Phi) is 11.1. The number of aliphatic carboxylic acids is 1. The summed E-state index contributed by atoms with van der Waals surface area (Å²) in [6, 6.07) is 7.02. The molecule has 0 bridgehead atoms. The molecule has 2 N–H and O–H groups in total. The normalized spacial score (nSPS) is 19.6. The average Bonchev–Trinajstić information content (AvgIpc) is 3.76. The molecule has 0 spiro atoms. The van der Waals surface area contributed by atoms with Crippen LogP contribution in [-0.4, -0.2) is 50.3 Å². The van der Waals surface area contributed by atoms with Gasteiger partial charge < -0.3 is 24.6 Å². The number of anilines is 1. The number of hydrogen-bond acceptors (Lipinski definition) is 10. The lowest BCUT2D eigenvalue weighted by Gasteiger charge is -2.37. The maximum absolute atomic E-state index is 14.1. The lowest BCUT2D eigenvalue weighted by molar-refractivity contribution is -0.150. The number of fused-ring (bicyclic) bond motifs is 1. The molecule has 5 rings (SSSR count). The second-order valence-corrected chi connectivity index (χ2v) is 13.1. The SMILES string of the molecule is [C-]#[N+]C1=C(C(=O)OC2C(C)CC(C)CC2C)c2nc(-c3cc(C)ccc3NCCC(=O)O)nn2/C1=N/c1cc(OC#CC#C)c(OC#CC#C)s1. The molecule has 1 saturated carbocycles. The molecule has 1 aliphatic carbocycles. The van der Waals surface area contributed by atoms with Crippen LogP contribution >= 0.6 is 11.3 Å². The third-order valence-electron chi connectivity index (χ3n) is 8.20. The van der Waals surface area contributed by atoms with Gasteiger partial charge in [0.25, 0.3) is 0 Å². The Morgan fingerprint density at radius 3 is 2.51 bits per heavy atom. The topological polar surface area (TPSA) is 142 Å². The molecule has 3 heterocycles. The zero-order chi connectivity index (χ0) is 36.7. The number of thiophene rings is 1. The number of benzene rings is 1. The highest BCUT2D eigenvalue weighted by Gasteiger charge is 2.41. The van der Waals surface area contributed by atoms with E-state index in [0.717, 1.165) is 29.7 Å². The maximum atomic E-state index is 14.1. The number of esters is 1. The number of rotatable bonds is 10. The van der Waals surface area contributed by atoms with E-state index in [0.29, 0.717) is 17.2 Å². The van der Waals surface area contributed by atoms with Crippen LogP contribution in [0.4, 0.5) is 10.7 Å². The van der Waals surface area contributed by atoms with Gasteiger partial charge in [0.1, 0.15) is 28.9 Å². The Morgan fingerprint density at radius 1 is 1.14 bits per heavy atom. The zero-order valence-corrected chi connectivity index (χ0v) is 29.1. The van der Waals surface area contributed by atoms with E-state index in [4.69, 9.17) is 48.7 Å². The number of aliphatic imine (C=N–C) groups is 1. The van der Waals surface area contributed by atoms with E-state index in [-0.39, 0.29) is 75.5 Å². The number of carboxylic acid groups (broad SMARTS) is 1. The van der Waals surface area contributed by atoms with Gasteiger partial charge in [-0.2, -0.15) is 0 Å². The highest BCUT2D eigenvalue weighted by Crippen LogP contribution is 2.44. The zero-order valence-electron chi connectivity index (χ0n) is 28.2. The molecule has 1 aliphatic heterocycles. The minimum Gasteiger partial charge on any atom is -0.481 e. The first-order valence-electron chi connectivity index (χ1n) is 15.9. The number of nitrogens with zero attached hydrogens (tertiary/aromatic N) is 5. The van der Waals surface area contributed by atoms with Crippen LogP contribution in [0.3, 0.4) is 0 Å². The molecule has 1 aromatic carbocycles. The third kappa shape index (κ3) is 8.06. The van der Waals surface area contributed by atoms with E-state index >= 15 is 0 Å². The van der Waals surface area contributed by atoms with Crippen LogP contribution in [-0.2, 0) is 14.3 Å². The second-order valence-electron chi connectivity index (χ2n) is 12.1. The van der Waals surface area contributed by atoms with E-state index < -0.39 is 11.9 Å². The van der Waals surface area contributed by atoms with Crippen LogP contribution in [0.5, 0.6) is 10.8 Å². The Morgan fingerprint density at radius 2 is 1.84 bits per heavy atom. The highest BCUT2D eigenvalue weighted by atomic mass is 32.1. The Bertz CT molecular complexity index is 2140. The molecule has 2 unspecified atom stereocenters. The predicted molar refractivity (Wildman–Crippen MR) is 192 cm³/mol. The van der Waals surface area contributed by atoms with Gasteiger partial charge >= 0.3 is 11.9 Å². The molecule has 2 atom stereocenters. The monoisotopic (exact) mass is 700 g/mol. The number of nitrogens with one attached hydrogen (secondary N) is 1. The van der Waals surface area contributed by atoms with Crippen molar-refractivity contribution >= 4 is 45.4 Å². The van der Waals surface area contributed by atoms with E-state index in [2.05, 4.69) is 66.8 Å². The van der Waals surface area contributed by atoms with Gasteiger partial charge in [-0.15, -0.1) is 17.9 Å². The Labute approximate surface area is 299 Å². The molecule has 0 radical (unpaired) electrons. The van der Waals surface area contributed by atoms with Gasteiger partial charge in [-0.3, -0.25) is 4.79 Å². The summed E-state index contributed by atoms with van der Waals surface area (Å²) < 4.78 is 18.4. The molecule has 2 aromatic heterocycles. The lowest BCUT2D eigenvalue weighted by atomic mass is 9.75. The fraction of sp³-hybridized carbons (Fsp3) is 0.316. The number of allylic oxidation sites excluding steroid dienone is 1. The van der Waals surface area contributed by atoms with E-state index in [9.17, 15) is 14.7 Å². The summed E-state index contributed by atoms with van der Waals surface area (Å²) in [7, 11) is 0. The Balaban J connectivity index is 1.64. The molecule has 0 amide bonds. The summed E-state index contributed by atoms with van der Waals surface area (Å²) in [5, 5.41) is 17.5. The highest BCUT2D eigenvalue weighted by molar-refractivity contribution is 7.18. The van der Waals surface area contributed by atoms with Crippen LogP contribution in [0.1, 0.15) is 51.4 Å². The van der Waals surface area contributed by atoms with E-state index in [1.54, 1.807) is 6.07 Å². The van der Waals surface area contributed by atoms with Crippen molar-refractivity contribution in [3.8, 4) is 70.9 Å². The standard InChI is InChI=1S/C38H32N6O6S/c1-8-10-16-48-28-21-29(51-38(28)49-17-11-9-2)41-36-32(39-7)31(37(47)50-33-24(5)18-23(4)19-25(33)6)35-42-34(43-44(35)36)26-20-22(3)12-13-27(26)40-15-14-30(45)46/h1-2,12-13,20-21,23-25,33,40H,14-15,18-19H2,3-6H3,(H,45,46)/b41-36+. The molecule has 12 nitrogen and oxygen atoms in total. The predicted octanol–water partition coefficient (Wildman–Crippen LogP) is 5.98. The summed E-state index contributed by atoms with van der Waals surface area (Å²) in [4.78, 5) is 38.5. The first-order valence-corrected chi connectivity index (χ1v) is 16.7. The maximum Gasteiger partial charge on any atom is 0.331 e. The number of aromatic nitrogens is 3. The van der Waals surface area contributed by atoms with Crippen LogP contribution in [0.2, 0.25) is 0 Å². The number of aryl methyl sites for hydroxylation is 1. The molecule has 256 valence electrons. The van der Waals surface area contributed by atoms with Crippen molar-refractivity contribution < 1.29 is 28.9 Å². The minimum absolute atomic E-state index is 0.0147. The number of carboxylic acids is 1. The molecule has 2 aliphatic rings. The van der Waals surface area contributed by atoms with E-state index in [1.807, 2.05) is 19.1 Å². The average molecular weight is 701 g/mol. The summed E-state index contributed by atoms with van der Waals surface area (Å²) >= 11 is 1.01. The van der Waals surface area contributed by atoms with Crippen molar-refractivity contribution in [2.75, 3.05) is 11.9 Å². The number of ether oxygens (including phenoxy) is 3. The van der Waals surface area contributed by atoms with Crippen LogP contribution in [0, 0.1) is 80.0 Å². The fourth-order valence-corrected chi connectivity index (χ4v) is 6.99. The van der Waals surface area contributed by atoms with Crippen molar-refractivity contribution in [3.05, 3.63) is 52.8 Å². The molecule has 51 heavy (non-hydrogen) atoms. The molecular formula is C38H32N6O6S. The van der Waals surface area contributed by atoms with Gasteiger partial charge in [0.15, 0.2) is 23.2 Å². The van der Waals surface area contributed by atoms with Gasteiger partial charge in [0.2, 0.25) is 10.8 Å². The minimum atomic E-state index is -0.950. The first kappa shape index (κ1) is 35.8. The number of hydrogen-bond donors (Lipinski definition) is 2. The van der Waals surface area contributed by atoms with Crippen molar-refractivity contribution in [2.24, 2.45) is 22.7 Å². The van der Waals surface area contributed by atoms with Crippen molar-refractivity contribution in [1.29, 1.82) is 0 Å². The smallest absolute Gasteiger partial charge is 0.331 e. The molecule has 13 heteroatoms. The largest absolute Gasteiger partial charge is 0.481 e. The summed E-state index contributed by atoms with van der Waals surface area (Å²) in [5.74, 6) is 8.52. The fourth-order valence-electron chi connectivity index (χ4n) is 6.22. The van der Waals surface area contributed by atoms with Gasteiger partial charge in [-0.25, -0.2) is 24.3 Å². The van der Waals surface area contributed by atoms with Gasteiger partial charge in [0, 0.05) is 35.7 Å². The molecule has 0 saturated heterocycles. The van der Waals surface area contributed by atoms with Gasteiger partial charge in [0.05, 0.1) is 13.0 Å². The van der Waals surface area contributed by atoms with Crippen molar-refractivity contribution in [3.63, 3.8) is 0 Å². The molecule has 1 fully saturated rings. The third-order valence-corrected chi connectivity index (χ3v) is 9.09. The summed E-state index contributed by atoms with van der Waals surface area (Å²) in [6.07, 6.45) is 16.5. The lowest BCUT2D eigenvalue weighted by Crippen LogP contribution is -2.37. The van der Waals surface area contributed by atoms with Crippen LogP contribution in [0.15, 0.2) is 35.0 Å². The first-order chi connectivity index (χ1) is 24.5. The van der Waals surface area contributed by atoms with Crippen LogP contribution < -0.4 is 14.8 Å². The number of carbonyl (C=O) groups is 2. The van der Waals surface area contributed by atoms with E-state index in [1.165, 1.54) is 10.7 Å². The van der Waals surface area contributed by atoms with Crippen molar-refractivity contribution in [2.45, 2.75) is 53.1 Å². The van der Waals surface area contributed by atoms with Crippen molar-refractivity contribution in [1.82, 2.24) is 14.8 Å². The van der Waals surface area contributed by atoms with Gasteiger partial charge in [-0.05, 0) is 61.5 Å². The quantitative estimate of drug-likeness (QED) is 0.148.